The summed E-state index contributed by atoms with van der Waals surface area (Å²) < 4.78 is 1.10. The normalized spacial score (nSPS) is 20.3. The Bertz CT molecular complexity index is 4140. The van der Waals surface area contributed by atoms with Crippen LogP contribution in [0.3, 0.4) is 0 Å². The fourth-order valence-corrected chi connectivity index (χ4v) is 14.4. The maximum absolute atomic E-state index is 10.2. The molecule has 0 saturated heterocycles. The van der Waals surface area contributed by atoms with E-state index in [1.807, 2.05) is 48.5 Å². The van der Waals surface area contributed by atoms with Gasteiger partial charge in [-0.1, -0.05) is 48.5 Å². The van der Waals surface area contributed by atoms with Crippen LogP contribution in [0.25, 0.3) is 0 Å². The summed E-state index contributed by atoms with van der Waals surface area (Å²) in [5, 5.41) is 74.8. The van der Waals surface area contributed by atoms with Crippen molar-refractivity contribution in [2.45, 2.75) is 126 Å². The molecule has 0 unspecified atom stereocenters. The van der Waals surface area contributed by atoms with Crippen LogP contribution in [0, 0.1) is 10.4 Å². The van der Waals surface area contributed by atoms with Crippen molar-refractivity contribution in [3.05, 3.63) is 343 Å². The minimum Gasteiger partial charge on any atom is -0.618 e. The largest absolute Gasteiger partial charge is 0.618 e. The molecule has 16 bridgehead atoms. The fraction of sp³-hybridized carbons (Fsp3) is 0.268. The van der Waals surface area contributed by atoms with E-state index in [1.54, 1.807) is 48.5 Å². The molecule has 0 radical (unpaired) electrons. The van der Waals surface area contributed by atoms with E-state index >= 15 is 0 Å². The van der Waals surface area contributed by atoms with Crippen LogP contribution in [0.2, 0.25) is 0 Å². The first kappa shape index (κ1) is 70.2. The number of nitrogens with one attached hydrogen (secondary N) is 8. The van der Waals surface area contributed by atoms with Gasteiger partial charge in [-0.3, -0.25) is 0 Å². The summed E-state index contributed by atoms with van der Waals surface area (Å²) in [6, 6.07) is 65.1. The SMILES string of the molecule is CC1(C)c2ccc([nH]2)C(C)(c2ccc(O)cc2)c2ccc([nH]2)C(C)(C)c2ccc([nH]2)C(C)(c2ccc(O)cc2)c2ccc1[nH]2.CC1(C)c2ccc([nH]2)C(C)(c2ccc(O)cc2)c2ccc([nH]2)C(C)(C)c2ccc([nH]2)C(C)(c2ccc(O)cc2)c2ccc1[nH]2.CO.CO.[O-][n+]1cc[n+]([O-])cc1. The molecular formula is C82H92N10O8. The summed E-state index contributed by atoms with van der Waals surface area (Å²) in [5.41, 5.74) is 18.0. The molecule has 0 fully saturated rings. The molecule has 518 valence electrons. The minimum atomic E-state index is -0.535. The van der Waals surface area contributed by atoms with Gasteiger partial charge in [0.2, 0.25) is 24.8 Å². The van der Waals surface area contributed by atoms with Crippen LogP contribution in [-0.4, -0.2) is 84.7 Å². The molecule has 2 aliphatic heterocycles. The highest BCUT2D eigenvalue weighted by Gasteiger charge is 2.44. The highest BCUT2D eigenvalue weighted by Crippen LogP contribution is 2.48. The molecule has 13 aromatic rings. The third-order valence-electron chi connectivity index (χ3n) is 21.7. The van der Waals surface area contributed by atoms with Gasteiger partial charge in [0.1, 0.15) is 23.0 Å². The van der Waals surface area contributed by atoms with Crippen molar-refractivity contribution in [1.82, 2.24) is 39.9 Å². The van der Waals surface area contributed by atoms with Gasteiger partial charge in [-0.25, -0.2) is 0 Å². The topological polar surface area (TPSA) is 302 Å². The molecule has 15 rings (SSSR count). The first-order valence-corrected chi connectivity index (χ1v) is 33.4. The van der Waals surface area contributed by atoms with Gasteiger partial charge in [-0.2, -0.15) is 9.46 Å². The smallest absolute Gasteiger partial charge is 0.245 e. The van der Waals surface area contributed by atoms with Crippen molar-refractivity contribution in [3.8, 4) is 23.0 Å². The number of fused-ring (bicyclic) bond motifs is 16. The van der Waals surface area contributed by atoms with Crippen molar-refractivity contribution < 1.29 is 40.1 Å². The molecule has 18 heteroatoms. The van der Waals surface area contributed by atoms with E-state index in [-0.39, 0.29) is 44.7 Å². The summed E-state index contributed by atoms with van der Waals surface area (Å²) in [4.78, 5) is 30.6. The maximum atomic E-state index is 10.2. The van der Waals surface area contributed by atoms with Crippen molar-refractivity contribution >= 4 is 0 Å². The fourth-order valence-electron chi connectivity index (χ4n) is 14.4. The van der Waals surface area contributed by atoms with Gasteiger partial charge in [-0.15, -0.1) is 0 Å². The van der Waals surface area contributed by atoms with Crippen molar-refractivity contribution in [2.24, 2.45) is 0 Å². The van der Waals surface area contributed by atoms with Gasteiger partial charge in [0.15, 0.2) is 0 Å². The molecular weight excluding hydrogens is 1250 g/mol. The predicted molar refractivity (Wildman–Crippen MR) is 390 cm³/mol. The molecule has 0 atom stereocenters. The van der Waals surface area contributed by atoms with E-state index in [1.165, 1.54) is 0 Å². The number of phenolic OH excluding ortho intramolecular Hbond substituents is 4. The molecule has 18 nitrogen and oxygen atoms in total. The molecule has 2 aliphatic rings. The molecule has 9 aromatic heterocycles. The number of benzene rings is 4. The van der Waals surface area contributed by atoms with Crippen molar-refractivity contribution in [1.29, 1.82) is 0 Å². The Morgan fingerprint density at radius 2 is 0.330 bits per heavy atom. The maximum Gasteiger partial charge on any atom is 0.245 e. The first-order chi connectivity index (χ1) is 47.5. The van der Waals surface area contributed by atoms with Gasteiger partial charge >= 0.3 is 0 Å². The van der Waals surface area contributed by atoms with Crippen molar-refractivity contribution in [3.63, 3.8) is 0 Å². The van der Waals surface area contributed by atoms with E-state index in [0.29, 0.717) is 9.46 Å². The summed E-state index contributed by atoms with van der Waals surface area (Å²) in [6.07, 6.45) is 4.53. The second-order valence-electron chi connectivity index (χ2n) is 28.8. The lowest BCUT2D eigenvalue weighted by molar-refractivity contribution is -0.665. The number of aromatic nitrogens is 10. The Morgan fingerprint density at radius 3 is 0.460 bits per heavy atom. The number of hydrogen-bond donors (Lipinski definition) is 14. The molecule has 11 heterocycles. The Hall–Kier alpha value is -11.1. The highest BCUT2D eigenvalue weighted by molar-refractivity contribution is 5.55. The summed E-state index contributed by atoms with van der Waals surface area (Å²) in [5.74, 6) is 0.987. The van der Waals surface area contributed by atoms with Crippen LogP contribution >= 0.6 is 0 Å². The van der Waals surface area contributed by atoms with E-state index < -0.39 is 21.7 Å². The van der Waals surface area contributed by atoms with Crippen molar-refractivity contribution in [2.75, 3.05) is 14.2 Å². The number of hydrogen-bond acceptors (Lipinski definition) is 8. The number of aliphatic hydroxyl groups is 2. The zero-order valence-electron chi connectivity index (χ0n) is 59.2. The lowest BCUT2D eigenvalue weighted by Gasteiger charge is -2.32. The number of aliphatic hydroxyl groups excluding tert-OH is 2. The lowest BCUT2D eigenvalue weighted by atomic mass is 9.76. The van der Waals surface area contributed by atoms with Crippen LogP contribution in [0.5, 0.6) is 23.0 Å². The summed E-state index contributed by atoms with van der Waals surface area (Å²) >= 11 is 0. The molecule has 4 aromatic carbocycles. The van der Waals surface area contributed by atoms with E-state index in [9.17, 15) is 30.8 Å². The van der Waals surface area contributed by atoms with Gasteiger partial charge in [0, 0.05) is 127 Å². The zero-order chi connectivity index (χ0) is 72.1. The van der Waals surface area contributed by atoms with Gasteiger partial charge in [0.25, 0.3) is 0 Å². The molecule has 14 N–H and O–H groups in total. The van der Waals surface area contributed by atoms with Gasteiger partial charge < -0.3 is 80.9 Å². The van der Waals surface area contributed by atoms with Crippen LogP contribution in [-0.2, 0) is 43.3 Å². The van der Waals surface area contributed by atoms with Crippen LogP contribution < -0.4 is 9.46 Å². The Kier molecular flexibility index (Phi) is 18.5. The van der Waals surface area contributed by atoms with E-state index in [0.717, 1.165) is 152 Å². The van der Waals surface area contributed by atoms with E-state index in [2.05, 4.69) is 220 Å². The molecule has 100 heavy (non-hydrogen) atoms. The van der Waals surface area contributed by atoms with Crippen LogP contribution in [0.4, 0.5) is 0 Å². The van der Waals surface area contributed by atoms with Gasteiger partial charge in [0.05, 0.1) is 21.7 Å². The Balaban J connectivity index is 0.000000174. The predicted octanol–water partition coefficient (Wildman–Crippen LogP) is 14.3. The zero-order valence-corrected chi connectivity index (χ0v) is 59.2. The number of aromatic hydroxyl groups is 4. The standard InChI is InChI=1S/2C38H40N4O2.C4H4N2O2.2CH4O/c2*1-35(2)27-15-19-31(39-27)37(5,23-7-11-25(43)12-8-23)33-21-17-29(41-33)36(3,4)30-18-22-34(42-30)38(6,32-20-16-28(35)40-32)24-9-13-26(44)14-10-24;7-5-1-2-6(8)4-3-5;2*1-2/h2*7-22,39-44H,1-6H3;1-4H;2*2H,1H3. The monoisotopic (exact) mass is 1340 g/mol. The van der Waals surface area contributed by atoms with Crippen LogP contribution in [0.1, 0.15) is 196 Å². The molecule has 0 saturated carbocycles. The van der Waals surface area contributed by atoms with E-state index in [4.69, 9.17) is 10.2 Å². The third-order valence-corrected chi connectivity index (χ3v) is 21.7. The summed E-state index contributed by atoms with van der Waals surface area (Å²) in [6.45, 7) is 26.8. The van der Waals surface area contributed by atoms with Crippen LogP contribution in [0.15, 0.2) is 219 Å². The Labute approximate surface area is 583 Å². The van der Waals surface area contributed by atoms with Gasteiger partial charge in [-0.05, 0) is 251 Å². The molecule has 0 aliphatic carbocycles. The first-order valence-electron chi connectivity index (χ1n) is 33.4. The average Bonchev–Trinajstić information content (AvgIpc) is 1.58. The number of aromatic amines is 8. The number of H-pyrrole nitrogens is 8. The third kappa shape index (κ3) is 12.0. The second kappa shape index (κ2) is 26.3. The lowest BCUT2D eigenvalue weighted by Crippen LogP contribution is -2.33. The second-order valence-corrected chi connectivity index (χ2v) is 28.8. The molecule has 0 spiro atoms. The number of rotatable bonds is 4. The number of phenols is 4. The molecule has 0 amide bonds. The quantitative estimate of drug-likeness (QED) is 0.0592. The Morgan fingerprint density at radius 1 is 0.210 bits per heavy atom. The minimum absolute atomic E-state index is 0.247. The summed E-state index contributed by atoms with van der Waals surface area (Å²) in [7, 11) is 2.00. The number of nitrogens with zero attached hydrogens (tertiary/aromatic N) is 2. The average molecular weight is 1350 g/mol. The highest BCUT2D eigenvalue weighted by atomic mass is 16.5.